The Morgan fingerprint density at radius 3 is 2.57 bits per heavy atom. The molecule has 1 aromatic carbocycles. The van der Waals surface area contributed by atoms with Crippen molar-refractivity contribution in [3.8, 4) is 11.4 Å². The van der Waals surface area contributed by atoms with Crippen molar-refractivity contribution in [3.63, 3.8) is 0 Å². The number of amides is 2. The number of carbonyl (C=O) groups excluding carboxylic acids is 2. The topological polar surface area (TPSA) is 131 Å². The Balaban J connectivity index is 1.16. The van der Waals surface area contributed by atoms with E-state index < -0.39 is 5.54 Å². The molecule has 0 unspecified atom stereocenters. The lowest BCUT2D eigenvalue weighted by Gasteiger charge is -2.35. The molecular formula is C23H26FN9O2. The van der Waals surface area contributed by atoms with E-state index in [-0.39, 0.29) is 23.5 Å². The first-order valence-electron chi connectivity index (χ1n) is 11.6. The van der Waals surface area contributed by atoms with E-state index >= 15 is 0 Å². The van der Waals surface area contributed by atoms with E-state index in [4.69, 9.17) is 0 Å². The molecular weight excluding hydrogens is 453 g/mol. The van der Waals surface area contributed by atoms with Crippen molar-refractivity contribution in [2.45, 2.75) is 31.2 Å². The second kappa shape index (κ2) is 9.35. The maximum Gasteiger partial charge on any atom is 0.255 e. The van der Waals surface area contributed by atoms with Gasteiger partial charge < -0.3 is 15.5 Å². The molecule has 35 heavy (non-hydrogen) atoms. The molecule has 3 heterocycles. The van der Waals surface area contributed by atoms with Gasteiger partial charge in [0.2, 0.25) is 5.91 Å². The molecule has 2 amide bonds. The van der Waals surface area contributed by atoms with Gasteiger partial charge in [-0.3, -0.25) is 9.59 Å². The lowest BCUT2D eigenvalue weighted by molar-refractivity contribution is -0.124. The second-order valence-corrected chi connectivity index (χ2v) is 9.06. The van der Waals surface area contributed by atoms with E-state index in [9.17, 15) is 14.0 Å². The van der Waals surface area contributed by atoms with E-state index in [1.807, 2.05) is 6.07 Å². The minimum absolute atomic E-state index is 0.160. The Hall–Kier alpha value is -3.96. The number of halogens is 1. The van der Waals surface area contributed by atoms with Crippen LogP contribution >= 0.6 is 0 Å². The van der Waals surface area contributed by atoms with Crippen LogP contribution in [0.2, 0.25) is 0 Å². The maximum atomic E-state index is 14.7. The highest BCUT2D eigenvalue weighted by atomic mass is 19.1. The molecule has 0 spiro atoms. The summed E-state index contributed by atoms with van der Waals surface area (Å²) < 4.78 is 16.2. The summed E-state index contributed by atoms with van der Waals surface area (Å²) in [5.74, 6) is -0.208. The summed E-state index contributed by atoms with van der Waals surface area (Å²) in [5.41, 5.74) is 0.624. The van der Waals surface area contributed by atoms with E-state index in [2.05, 4.69) is 41.0 Å². The smallest absolute Gasteiger partial charge is 0.255 e. The van der Waals surface area contributed by atoms with Gasteiger partial charge in [-0.15, -0.1) is 5.10 Å². The number of tetrazole rings is 1. The van der Waals surface area contributed by atoms with E-state index in [0.717, 1.165) is 31.6 Å². The third kappa shape index (κ3) is 4.68. The fourth-order valence-corrected chi connectivity index (χ4v) is 4.46. The predicted octanol–water partition coefficient (Wildman–Crippen LogP) is 1.10. The van der Waals surface area contributed by atoms with Crippen molar-refractivity contribution in [2.75, 3.05) is 24.5 Å². The number of carbonyl (C=O) groups is 2. The van der Waals surface area contributed by atoms with Gasteiger partial charge in [0.1, 0.15) is 17.7 Å². The molecule has 1 aliphatic heterocycles. The van der Waals surface area contributed by atoms with Crippen LogP contribution in [0.1, 0.15) is 36.0 Å². The minimum atomic E-state index is -0.853. The monoisotopic (exact) mass is 479 g/mol. The van der Waals surface area contributed by atoms with E-state index in [1.54, 1.807) is 13.1 Å². The molecule has 0 radical (unpaired) electrons. The van der Waals surface area contributed by atoms with Crippen LogP contribution in [-0.2, 0) is 11.8 Å². The first-order valence-corrected chi connectivity index (χ1v) is 11.6. The number of aromatic nitrogens is 6. The number of aryl methyl sites for hydroxylation is 1. The van der Waals surface area contributed by atoms with Crippen LogP contribution < -0.4 is 15.5 Å². The highest BCUT2D eigenvalue weighted by molar-refractivity contribution is 6.00. The molecule has 11 nitrogen and oxygen atoms in total. The number of hydrogen-bond donors (Lipinski definition) is 2. The number of anilines is 1. The van der Waals surface area contributed by atoms with Crippen molar-refractivity contribution in [3.05, 3.63) is 48.3 Å². The fraction of sp³-hybridized carbons (Fsp3) is 0.435. The van der Waals surface area contributed by atoms with Gasteiger partial charge in [-0.1, -0.05) is 6.07 Å². The van der Waals surface area contributed by atoms with Crippen molar-refractivity contribution in [2.24, 2.45) is 13.0 Å². The molecule has 1 aliphatic carbocycles. The third-order valence-corrected chi connectivity index (χ3v) is 6.70. The van der Waals surface area contributed by atoms with Crippen molar-refractivity contribution < 1.29 is 14.0 Å². The van der Waals surface area contributed by atoms with Crippen molar-refractivity contribution >= 4 is 17.5 Å². The van der Waals surface area contributed by atoms with Gasteiger partial charge in [-0.25, -0.2) is 19.0 Å². The van der Waals surface area contributed by atoms with Crippen molar-refractivity contribution in [1.29, 1.82) is 0 Å². The van der Waals surface area contributed by atoms with Crippen LogP contribution in [0, 0.1) is 11.7 Å². The maximum absolute atomic E-state index is 14.7. The van der Waals surface area contributed by atoms with Gasteiger partial charge in [0.25, 0.3) is 5.91 Å². The normalized spacial score (nSPS) is 17.1. The van der Waals surface area contributed by atoms with Crippen LogP contribution in [0.15, 0.2) is 36.9 Å². The Kier molecular flexibility index (Phi) is 6.10. The largest absolute Gasteiger partial charge is 0.371 e. The van der Waals surface area contributed by atoms with Crippen LogP contribution in [0.5, 0.6) is 0 Å². The summed E-state index contributed by atoms with van der Waals surface area (Å²) in [5, 5.41) is 17.3. The summed E-state index contributed by atoms with van der Waals surface area (Å²) >= 11 is 0. The number of benzene rings is 1. The fourth-order valence-electron chi connectivity index (χ4n) is 4.46. The third-order valence-electron chi connectivity index (χ3n) is 6.70. The molecule has 182 valence electrons. The predicted molar refractivity (Wildman–Crippen MR) is 124 cm³/mol. The van der Waals surface area contributed by atoms with Crippen LogP contribution in [0.25, 0.3) is 11.4 Å². The zero-order chi connectivity index (χ0) is 24.4. The number of piperidine rings is 1. The lowest BCUT2D eigenvalue weighted by atomic mass is 9.95. The highest BCUT2D eigenvalue weighted by Crippen LogP contribution is 2.36. The molecule has 0 atom stereocenters. The molecule has 1 saturated carbocycles. The second-order valence-electron chi connectivity index (χ2n) is 9.06. The van der Waals surface area contributed by atoms with E-state index in [1.165, 1.54) is 29.5 Å². The van der Waals surface area contributed by atoms with Gasteiger partial charge in [0.15, 0.2) is 5.82 Å². The van der Waals surface area contributed by atoms with Crippen LogP contribution in [-0.4, -0.2) is 67.2 Å². The first kappa shape index (κ1) is 22.8. The van der Waals surface area contributed by atoms with Crippen LogP contribution in [0.3, 0.4) is 0 Å². The SMILES string of the molecule is Cn1nnnc1-c1c(F)cccc1N1CCC(CNC(=O)C2(NC(=O)c3cncnc3)CC2)CC1. The number of nitrogens with zero attached hydrogens (tertiary/aromatic N) is 7. The zero-order valence-electron chi connectivity index (χ0n) is 19.3. The number of hydrogen-bond acceptors (Lipinski definition) is 8. The molecule has 0 bridgehead atoms. The average molecular weight is 480 g/mol. The average Bonchev–Trinajstić information content (AvgIpc) is 3.55. The number of rotatable bonds is 7. The lowest BCUT2D eigenvalue weighted by Crippen LogP contribution is -2.50. The first-order chi connectivity index (χ1) is 17.0. The standard InChI is InChI=1S/C23H26FN9O2/c1-32-20(29-30-31-32)19-17(24)3-2-4-18(19)33-9-5-15(6-10-33)11-27-22(35)23(7-8-23)28-21(34)16-12-25-14-26-13-16/h2-4,12-15H,5-11H2,1H3,(H,27,35)(H,28,34). The van der Waals surface area contributed by atoms with Gasteiger partial charge in [0, 0.05) is 39.1 Å². The molecule has 5 rings (SSSR count). The summed E-state index contributed by atoms with van der Waals surface area (Å²) in [6.07, 6.45) is 7.10. The summed E-state index contributed by atoms with van der Waals surface area (Å²) in [7, 11) is 1.68. The molecule has 2 aromatic heterocycles. The number of nitrogens with one attached hydrogen (secondary N) is 2. The molecule has 2 fully saturated rings. The Labute approximate surface area is 201 Å². The molecule has 2 N–H and O–H groups in total. The van der Waals surface area contributed by atoms with Gasteiger partial charge in [-0.05, 0) is 54.2 Å². The van der Waals surface area contributed by atoms with Gasteiger partial charge in [0.05, 0.1) is 16.8 Å². The summed E-state index contributed by atoms with van der Waals surface area (Å²) in [4.78, 5) is 35.1. The highest BCUT2D eigenvalue weighted by Gasteiger charge is 2.51. The Morgan fingerprint density at radius 2 is 1.91 bits per heavy atom. The van der Waals surface area contributed by atoms with Gasteiger partial charge in [-0.2, -0.15) is 0 Å². The molecule has 1 saturated heterocycles. The van der Waals surface area contributed by atoms with E-state index in [0.29, 0.717) is 36.3 Å². The molecule has 2 aliphatic rings. The molecule has 3 aromatic rings. The summed E-state index contributed by atoms with van der Waals surface area (Å²) in [6.45, 7) is 1.97. The summed E-state index contributed by atoms with van der Waals surface area (Å²) in [6, 6.07) is 4.98. The Morgan fingerprint density at radius 1 is 1.17 bits per heavy atom. The van der Waals surface area contributed by atoms with Crippen LogP contribution in [0.4, 0.5) is 10.1 Å². The van der Waals surface area contributed by atoms with Crippen molar-refractivity contribution in [1.82, 2.24) is 40.8 Å². The zero-order valence-corrected chi connectivity index (χ0v) is 19.3. The van der Waals surface area contributed by atoms with Gasteiger partial charge >= 0.3 is 0 Å². The quantitative estimate of drug-likeness (QED) is 0.515. The minimum Gasteiger partial charge on any atom is -0.371 e. The molecule has 12 heteroatoms. The Bertz CT molecular complexity index is 1220.